The smallest absolute Gasteiger partial charge is 0.293 e. The number of benzene rings is 5. The van der Waals surface area contributed by atoms with E-state index in [0.29, 0.717) is 34.9 Å². The number of fused-ring (bicyclic) bond motifs is 1. The highest BCUT2D eigenvalue weighted by Gasteiger charge is 2.25. The van der Waals surface area contributed by atoms with Gasteiger partial charge in [0, 0.05) is 72.4 Å². The molecular weight excluding hydrogens is 830 g/mol. The molecule has 6 aromatic rings. The number of sulfonamides is 1. The number of aromatic nitrogens is 2. The lowest BCUT2D eigenvalue weighted by Gasteiger charge is -2.29. The zero-order valence-electron chi connectivity index (χ0n) is 33.5. The lowest BCUT2D eigenvalue weighted by Crippen LogP contribution is -2.39. The lowest BCUT2D eigenvalue weighted by molar-refractivity contribution is -0.384. The molecule has 2 N–H and O–H groups in total. The van der Waals surface area contributed by atoms with Gasteiger partial charge in [0.15, 0.2) is 5.82 Å². The first-order valence-corrected chi connectivity index (χ1v) is 23.1. The second kappa shape index (κ2) is 19.6. The standard InChI is InChI=1S/C46H46ClN7O5S2/c47-37-12-15-41(34-7-3-1-4-8-34)36(27-37)30-53-20-17-33(18-21-53)35-11-14-42-44(28-35)48-32-49-46(42)51-61(57,58)40-13-16-43(45(29-40)54(55)56)50-38(19-22-52-23-25-59-26-24-52)31-60-39-9-5-2-6-10-39/h1-17,27-29,32,38,50H,18-26,30-31H2,(H,48,49,51)/t38-/m1/s1. The molecule has 3 heterocycles. The fourth-order valence-electron chi connectivity index (χ4n) is 7.72. The molecule has 61 heavy (non-hydrogen) atoms. The summed E-state index contributed by atoms with van der Waals surface area (Å²) in [6.45, 7) is 6.19. The number of nitro benzene ring substituents is 1. The number of hydrogen-bond donors (Lipinski definition) is 2. The highest BCUT2D eigenvalue weighted by molar-refractivity contribution is 7.99. The van der Waals surface area contributed by atoms with Crippen molar-refractivity contribution in [3.05, 3.63) is 154 Å². The molecule has 15 heteroatoms. The van der Waals surface area contributed by atoms with E-state index in [1.54, 1.807) is 11.8 Å². The van der Waals surface area contributed by atoms with Crippen molar-refractivity contribution in [3.63, 3.8) is 0 Å². The average Bonchev–Trinajstić information content (AvgIpc) is 3.28. The fourth-order valence-corrected chi connectivity index (χ4v) is 9.96. The average molecular weight is 877 g/mol. The van der Waals surface area contributed by atoms with Gasteiger partial charge in [0.2, 0.25) is 0 Å². The molecule has 2 aliphatic heterocycles. The van der Waals surface area contributed by atoms with Gasteiger partial charge in [-0.3, -0.25) is 24.6 Å². The van der Waals surface area contributed by atoms with E-state index in [-0.39, 0.29) is 28.1 Å². The Balaban J connectivity index is 0.959. The first-order valence-electron chi connectivity index (χ1n) is 20.2. The number of rotatable bonds is 16. The van der Waals surface area contributed by atoms with E-state index in [0.717, 1.165) is 74.2 Å². The van der Waals surface area contributed by atoms with Crippen molar-refractivity contribution in [1.82, 2.24) is 19.8 Å². The Morgan fingerprint density at radius 2 is 1.66 bits per heavy atom. The van der Waals surface area contributed by atoms with Crippen LogP contribution in [0.1, 0.15) is 24.0 Å². The van der Waals surface area contributed by atoms with Gasteiger partial charge in [-0.25, -0.2) is 18.4 Å². The van der Waals surface area contributed by atoms with Gasteiger partial charge in [0.25, 0.3) is 15.7 Å². The quantitative estimate of drug-likeness (QED) is 0.0546. The highest BCUT2D eigenvalue weighted by atomic mass is 35.5. The summed E-state index contributed by atoms with van der Waals surface area (Å²) in [6.07, 6.45) is 5.09. The summed E-state index contributed by atoms with van der Waals surface area (Å²) < 4.78 is 35.7. The van der Waals surface area contributed by atoms with Gasteiger partial charge in [-0.1, -0.05) is 78.3 Å². The molecule has 0 radical (unpaired) electrons. The van der Waals surface area contributed by atoms with E-state index < -0.39 is 14.9 Å². The maximum absolute atomic E-state index is 13.8. The number of thioether (sulfide) groups is 1. The van der Waals surface area contributed by atoms with Crippen LogP contribution >= 0.6 is 23.4 Å². The number of halogens is 1. The van der Waals surface area contributed by atoms with E-state index in [2.05, 4.69) is 54.1 Å². The largest absolute Gasteiger partial charge is 0.379 e. The molecule has 314 valence electrons. The van der Waals surface area contributed by atoms with Crippen LogP contribution in [0.25, 0.3) is 27.6 Å². The molecule has 8 rings (SSSR count). The summed E-state index contributed by atoms with van der Waals surface area (Å²) >= 11 is 8.10. The minimum Gasteiger partial charge on any atom is -0.379 e. The molecule has 1 fully saturated rings. The minimum absolute atomic E-state index is 0.0852. The summed E-state index contributed by atoms with van der Waals surface area (Å²) in [5.74, 6) is 0.743. The predicted molar refractivity (Wildman–Crippen MR) is 245 cm³/mol. The van der Waals surface area contributed by atoms with Crippen molar-refractivity contribution in [2.24, 2.45) is 0 Å². The van der Waals surface area contributed by atoms with Crippen LogP contribution in [0.15, 0.2) is 137 Å². The Morgan fingerprint density at radius 3 is 2.41 bits per heavy atom. The second-order valence-corrected chi connectivity index (χ2v) is 18.3. The van der Waals surface area contributed by atoms with Crippen molar-refractivity contribution in [1.29, 1.82) is 0 Å². The topological polar surface area (TPSA) is 143 Å². The SMILES string of the molecule is O=[N+]([O-])c1cc(S(=O)(=O)Nc2ncnc3cc(C4=CCN(Cc5cc(Cl)ccc5-c5ccccc5)CC4)ccc23)ccc1N[C@H](CCN1CCOCC1)CSc1ccccc1. The number of nitro groups is 1. The molecule has 1 atom stereocenters. The van der Waals surface area contributed by atoms with Crippen LogP contribution in [0.4, 0.5) is 17.2 Å². The molecule has 0 unspecified atom stereocenters. The number of anilines is 2. The Bertz CT molecular complexity index is 2630. The molecule has 5 aromatic carbocycles. The summed E-state index contributed by atoms with van der Waals surface area (Å²) in [7, 11) is -4.28. The zero-order chi connectivity index (χ0) is 42.2. The van der Waals surface area contributed by atoms with E-state index in [1.165, 1.54) is 35.2 Å². The lowest BCUT2D eigenvalue weighted by atomic mass is 9.96. The Labute approximate surface area is 365 Å². The van der Waals surface area contributed by atoms with Crippen molar-refractivity contribution < 1.29 is 18.1 Å². The zero-order valence-corrected chi connectivity index (χ0v) is 35.8. The van der Waals surface area contributed by atoms with Crippen LogP contribution in [-0.2, 0) is 21.3 Å². The first-order chi connectivity index (χ1) is 29.7. The third kappa shape index (κ3) is 10.8. The fraction of sp³-hybridized carbons (Fsp3) is 0.261. The van der Waals surface area contributed by atoms with Gasteiger partial charge in [-0.15, -0.1) is 11.8 Å². The summed E-state index contributed by atoms with van der Waals surface area (Å²) in [6, 6.07) is 35.9. The van der Waals surface area contributed by atoms with Crippen molar-refractivity contribution >= 4 is 67.1 Å². The van der Waals surface area contributed by atoms with Gasteiger partial charge in [0.1, 0.15) is 12.0 Å². The van der Waals surface area contributed by atoms with Gasteiger partial charge in [-0.05, 0) is 89.2 Å². The number of ether oxygens (including phenoxy) is 1. The van der Waals surface area contributed by atoms with Gasteiger partial charge >= 0.3 is 0 Å². The van der Waals surface area contributed by atoms with E-state index in [9.17, 15) is 18.5 Å². The van der Waals surface area contributed by atoms with Crippen LogP contribution in [0.5, 0.6) is 0 Å². The Kier molecular flexibility index (Phi) is 13.6. The van der Waals surface area contributed by atoms with E-state index in [4.69, 9.17) is 16.3 Å². The monoisotopic (exact) mass is 875 g/mol. The summed E-state index contributed by atoms with van der Waals surface area (Å²) in [5, 5.41) is 17.0. The third-order valence-electron chi connectivity index (χ3n) is 11.0. The number of morpholine rings is 1. The maximum atomic E-state index is 13.8. The second-order valence-electron chi connectivity index (χ2n) is 15.1. The molecule has 0 amide bonds. The molecular formula is C46H46ClN7O5S2. The summed E-state index contributed by atoms with van der Waals surface area (Å²) in [4.78, 5) is 26.2. The van der Waals surface area contributed by atoms with E-state index >= 15 is 0 Å². The normalized spacial score (nSPS) is 15.6. The molecule has 1 saturated heterocycles. The van der Waals surface area contributed by atoms with Gasteiger partial charge < -0.3 is 10.1 Å². The van der Waals surface area contributed by atoms with Crippen molar-refractivity contribution in [3.8, 4) is 11.1 Å². The minimum atomic E-state index is -4.28. The predicted octanol–water partition coefficient (Wildman–Crippen LogP) is 9.24. The Hall–Kier alpha value is -5.35. The van der Waals surface area contributed by atoms with E-state index in [1.807, 2.05) is 78.9 Å². The van der Waals surface area contributed by atoms with Crippen molar-refractivity contribution in [2.45, 2.75) is 35.2 Å². The van der Waals surface area contributed by atoms with Crippen molar-refractivity contribution in [2.75, 3.05) is 61.7 Å². The number of nitrogens with zero attached hydrogens (tertiary/aromatic N) is 5. The molecule has 1 aromatic heterocycles. The van der Waals surface area contributed by atoms with Gasteiger partial charge in [-0.2, -0.15) is 0 Å². The molecule has 0 saturated carbocycles. The number of hydrogen-bond acceptors (Lipinski definition) is 11. The van der Waals surface area contributed by atoms with Crippen LogP contribution < -0.4 is 10.0 Å². The van der Waals surface area contributed by atoms with Crippen LogP contribution in [-0.4, -0.2) is 90.8 Å². The van der Waals surface area contributed by atoms with Crippen LogP contribution in [0, 0.1) is 10.1 Å². The molecule has 0 bridgehead atoms. The summed E-state index contributed by atoms with van der Waals surface area (Å²) in [5.41, 5.74) is 6.17. The molecule has 0 aliphatic carbocycles. The molecule has 0 spiro atoms. The Morgan fingerprint density at radius 1 is 0.869 bits per heavy atom. The molecule has 12 nitrogen and oxygen atoms in total. The van der Waals surface area contributed by atoms with Crippen LogP contribution in [0.3, 0.4) is 0 Å². The van der Waals surface area contributed by atoms with Gasteiger partial charge in [0.05, 0.1) is 28.5 Å². The first kappa shape index (κ1) is 42.3. The number of nitrogens with one attached hydrogen (secondary N) is 2. The third-order valence-corrected chi connectivity index (χ3v) is 13.8. The van der Waals surface area contributed by atoms with Crippen LogP contribution in [0.2, 0.25) is 5.02 Å². The maximum Gasteiger partial charge on any atom is 0.293 e. The highest BCUT2D eigenvalue weighted by Crippen LogP contribution is 2.34. The molecule has 2 aliphatic rings.